The minimum atomic E-state index is -4.55. The molecule has 2 aliphatic heterocycles. The molecule has 3 N–H and O–H groups in total. The highest BCUT2D eigenvalue weighted by Gasteiger charge is 2.55. The number of ether oxygens (including phenoxy) is 2. The van der Waals surface area contributed by atoms with E-state index in [4.69, 9.17) is 21.1 Å². The molecule has 2 aromatic heterocycles. The molecule has 43 heavy (non-hydrogen) atoms. The molecule has 1 saturated carbocycles. The molecule has 228 valence electrons. The zero-order chi connectivity index (χ0) is 30.4. The number of benzene rings is 1. The van der Waals surface area contributed by atoms with E-state index in [1.165, 1.54) is 18.2 Å². The van der Waals surface area contributed by atoms with E-state index in [1.807, 2.05) is 6.92 Å². The number of pyridine rings is 2. The Morgan fingerprint density at radius 3 is 2.63 bits per heavy atom. The summed E-state index contributed by atoms with van der Waals surface area (Å²) in [5.41, 5.74) is -0.783. The number of anilines is 1. The van der Waals surface area contributed by atoms with E-state index in [0.717, 1.165) is 0 Å². The zero-order valence-corrected chi connectivity index (χ0v) is 24.1. The number of halogens is 4. The maximum absolute atomic E-state index is 13.7. The first-order valence-electron chi connectivity index (χ1n) is 14.1. The van der Waals surface area contributed by atoms with Gasteiger partial charge < -0.3 is 30.1 Å². The molecule has 1 aromatic carbocycles. The van der Waals surface area contributed by atoms with Gasteiger partial charge in [0.2, 0.25) is 5.88 Å². The van der Waals surface area contributed by atoms with Crippen molar-refractivity contribution in [2.45, 2.75) is 37.6 Å². The maximum atomic E-state index is 13.7. The van der Waals surface area contributed by atoms with Gasteiger partial charge in [-0.3, -0.25) is 4.79 Å². The number of nitrogens with zero attached hydrogens (tertiary/aromatic N) is 3. The Kier molecular flexibility index (Phi) is 7.64. The van der Waals surface area contributed by atoms with Crippen LogP contribution in [0.3, 0.4) is 0 Å². The topological polar surface area (TPSA) is 109 Å². The normalized spacial score (nSPS) is 18.8. The van der Waals surface area contributed by atoms with Crippen molar-refractivity contribution in [1.29, 1.82) is 0 Å². The SMILES string of the molecule is CCOc1ncccc1-c1ccc(OC2CC3(C2)CN(c2cccc(Cl)c2C(F)(F)F)C3)c(C(=O)NCC2(O)CNC2)n1. The quantitative estimate of drug-likeness (QED) is 0.326. The summed E-state index contributed by atoms with van der Waals surface area (Å²) in [6.07, 6.45) is -1.94. The molecule has 6 rings (SSSR count). The predicted molar refractivity (Wildman–Crippen MR) is 154 cm³/mol. The highest BCUT2D eigenvalue weighted by atomic mass is 35.5. The van der Waals surface area contributed by atoms with Crippen molar-refractivity contribution in [3.63, 3.8) is 0 Å². The van der Waals surface area contributed by atoms with Gasteiger partial charge in [0.05, 0.1) is 34.1 Å². The lowest BCUT2D eigenvalue weighted by molar-refractivity contribution is -0.137. The van der Waals surface area contributed by atoms with E-state index < -0.39 is 23.2 Å². The van der Waals surface area contributed by atoms with Crippen molar-refractivity contribution in [1.82, 2.24) is 20.6 Å². The second-order valence-corrected chi connectivity index (χ2v) is 11.9. The lowest BCUT2D eigenvalue weighted by Crippen LogP contribution is -2.65. The average molecular weight is 618 g/mol. The standard InChI is InChI=1S/C30H31ClF3N5O4/c1-2-42-27-19(5-4-10-36-27)21-8-9-23(25(38-21)26(40)37-15-29(41)13-35-14-29)43-18-11-28(12-18)16-39(17-28)22-7-3-6-20(31)24(22)30(32,33)34/h3-10,18,35,41H,2,11-17H2,1H3,(H,37,40). The number of amides is 1. The van der Waals surface area contributed by atoms with Crippen LogP contribution in [0.5, 0.6) is 11.6 Å². The third-order valence-corrected chi connectivity index (χ3v) is 8.49. The van der Waals surface area contributed by atoms with Crippen molar-refractivity contribution in [3.05, 3.63) is 64.9 Å². The van der Waals surface area contributed by atoms with Gasteiger partial charge >= 0.3 is 6.18 Å². The second-order valence-electron chi connectivity index (χ2n) is 11.5. The first-order chi connectivity index (χ1) is 20.5. The van der Waals surface area contributed by atoms with Gasteiger partial charge in [-0.2, -0.15) is 13.2 Å². The van der Waals surface area contributed by atoms with Crippen LogP contribution in [0, 0.1) is 5.41 Å². The van der Waals surface area contributed by atoms with Crippen LogP contribution in [0.25, 0.3) is 11.3 Å². The number of nitrogens with one attached hydrogen (secondary N) is 2. The maximum Gasteiger partial charge on any atom is 0.419 e. The summed E-state index contributed by atoms with van der Waals surface area (Å²) < 4.78 is 52.9. The average Bonchev–Trinajstić information content (AvgIpc) is 2.91. The third-order valence-electron chi connectivity index (χ3n) is 8.17. The molecule has 0 atom stereocenters. The Labute approximate surface area is 251 Å². The van der Waals surface area contributed by atoms with Gasteiger partial charge in [-0.15, -0.1) is 0 Å². The number of aromatic nitrogens is 2. The fourth-order valence-corrected chi connectivity index (χ4v) is 6.25. The summed E-state index contributed by atoms with van der Waals surface area (Å²) in [6, 6.07) is 11.2. The summed E-state index contributed by atoms with van der Waals surface area (Å²) in [6.45, 7) is 3.95. The molecule has 9 nitrogen and oxygen atoms in total. The highest BCUT2D eigenvalue weighted by molar-refractivity contribution is 6.31. The minimum Gasteiger partial charge on any atom is -0.488 e. The lowest BCUT2D eigenvalue weighted by atomic mass is 9.61. The van der Waals surface area contributed by atoms with E-state index in [9.17, 15) is 23.1 Å². The van der Waals surface area contributed by atoms with Crippen LogP contribution >= 0.6 is 11.6 Å². The zero-order valence-electron chi connectivity index (χ0n) is 23.4. The van der Waals surface area contributed by atoms with Gasteiger partial charge in [-0.05, 0) is 56.2 Å². The van der Waals surface area contributed by atoms with Crippen LogP contribution < -0.4 is 25.0 Å². The van der Waals surface area contributed by atoms with Gasteiger partial charge in [-0.1, -0.05) is 17.7 Å². The first kappa shape index (κ1) is 29.5. The van der Waals surface area contributed by atoms with E-state index in [-0.39, 0.29) is 40.2 Å². The monoisotopic (exact) mass is 617 g/mol. The molecule has 3 aliphatic rings. The molecule has 1 spiro atoms. The Bertz CT molecular complexity index is 1520. The van der Waals surface area contributed by atoms with Crippen LogP contribution in [0.15, 0.2) is 48.7 Å². The van der Waals surface area contributed by atoms with Crippen molar-refractivity contribution < 1.29 is 32.5 Å². The van der Waals surface area contributed by atoms with E-state index in [2.05, 4.69) is 20.6 Å². The number of carbonyl (C=O) groups is 1. The molecule has 3 fully saturated rings. The molecule has 3 aromatic rings. The first-order valence-corrected chi connectivity index (χ1v) is 14.4. The molecule has 2 saturated heterocycles. The lowest BCUT2D eigenvalue weighted by Gasteiger charge is -2.59. The summed E-state index contributed by atoms with van der Waals surface area (Å²) in [7, 11) is 0. The van der Waals surface area contributed by atoms with Gasteiger partial charge in [0.1, 0.15) is 11.7 Å². The van der Waals surface area contributed by atoms with Gasteiger partial charge in [-0.25, -0.2) is 9.97 Å². The molecule has 0 unspecified atom stereocenters. The molecule has 0 bridgehead atoms. The van der Waals surface area contributed by atoms with E-state index in [0.29, 0.717) is 62.8 Å². The van der Waals surface area contributed by atoms with Crippen LogP contribution in [0.2, 0.25) is 5.02 Å². The van der Waals surface area contributed by atoms with Gasteiger partial charge in [0.15, 0.2) is 11.4 Å². The molecule has 4 heterocycles. The van der Waals surface area contributed by atoms with E-state index in [1.54, 1.807) is 35.4 Å². The van der Waals surface area contributed by atoms with Crippen molar-refractivity contribution in [2.24, 2.45) is 5.41 Å². The van der Waals surface area contributed by atoms with Crippen molar-refractivity contribution >= 4 is 23.2 Å². The summed E-state index contributed by atoms with van der Waals surface area (Å²) in [5.74, 6) is 0.173. The molecular formula is C30H31ClF3N5O4. The Morgan fingerprint density at radius 2 is 1.95 bits per heavy atom. The van der Waals surface area contributed by atoms with Crippen molar-refractivity contribution in [2.75, 3.05) is 44.2 Å². The van der Waals surface area contributed by atoms with Crippen molar-refractivity contribution in [3.8, 4) is 22.9 Å². The van der Waals surface area contributed by atoms with Crippen LogP contribution in [-0.4, -0.2) is 72.0 Å². The third kappa shape index (κ3) is 5.83. The second kappa shape index (κ2) is 11.1. The van der Waals surface area contributed by atoms with Gasteiger partial charge in [0, 0.05) is 44.3 Å². The van der Waals surface area contributed by atoms with Crippen LogP contribution in [-0.2, 0) is 6.18 Å². The molecule has 1 aliphatic carbocycles. The Morgan fingerprint density at radius 1 is 1.19 bits per heavy atom. The molecule has 0 radical (unpaired) electrons. The fourth-order valence-electron chi connectivity index (χ4n) is 5.98. The molecule has 1 amide bonds. The van der Waals surface area contributed by atoms with Crippen LogP contribution in [0.4, 0.5) is 18.9 Å². The number of carbonyl (C=O) groups excluding carboxylic acids is 1. The largest absolute Gasteiger partial charge is 0.488 e. The fraction of sp³-hybridized carbons (Fsp3) is 0.433. The Hall–Kier alpha value is -3.61. The number of hydrogen-bond acceptors (Lipinski definition) is 8. The van der Waals surface area contributed by atoms with Crippen LogP contribution in [0.1, 0.15) is 35.8 Å². The smallest absolute Gasteiger partial charge is 0.419 e. The molecule has 13 heteroatoms. The predicted octanol–water partition coefficient (Wildman–Crippen LogP) is 4.33. The minimum absolute atomic E-state index is 0.0487. The number of aliphatic hydroxyl groups is 1. The van der Waals surface area contributed by atoms with E-state index >= 15 is 0 Å². The Balaban J connectivity index is 1.17. The number of β-amino-alcohol motifs (C(OH)–C–C–N with tert-alkyl or cyclic N) is 1. The number of alkyl halides is 3. The molecular weight excluding hydrogens is 587 g/mol. The number of rotatable bonds is 9. The summed E-state index contributed by atoms with van der Waals surface area (Å²) in [4.78, 5) is 23.9. The summed E-state index contributed by atoms with van der Waals surface area (Å²) >= 11 is 5.91. The summed E-state index contributed by atoms with van der Waals surface area (Å²) in [5, 5.41) is 15.9. The highest BCUT2D eigenvalue weighted by Crippen LogP contribution is 2.53. The van der Waals surface area contributed by atoms with Gasteiger partial charge in [0.25, 0.3) is 5.91 Å². The number of hydrogen-bond donors (Lipinski definition) is 3.